The van der Waals surface area contributed by atoms with E-state index in [1.54, 1.807) is 0 Å². The summed E-state index contributed by atoms with van der Waals surface area (Å²) in [5.74, 6) is -2.87. The molecule has 0 aliphatic carbocycles. The van der Waals surface area contributed by atoms with E-state index in [2.05, 4.69) is 0 Å². The molecule has 1 heterocycles. The third-order valence-electron chi connectivity index (χ3n) is 2.89. The summed E-state index contributed by atoms with van der Waals surface area (Å²) in [6.45, 7) is 0. The largest absolute Gasteiger partial charge is 0.417 e. The zero-order chi connectivity index (χ0) is 17.9. The predicted molar refractivity (Wildman–Crippen MR) is 76.1 cm³/mol. The summed E-state index contributed by atoms with van der Waals surface area (Å²) in [6.07, 6.45) is -2.75. The van der Waals surface area contributed by atoms with Gasteiger partial charge < -0.3 is 10.3 Å². The highest BCUT2D eigenvalue weighted by molar-refractivity contribution is 6.01. The van der Waals surface area contributed by atoms with Gasteiger partial charge in [-0.3, -0.25) is 9.59 Å². The molecule has 1 aromatic carbocycles. The molecule has 2 N–H and O–H groups in total. The molecule has 1 aromatic heterocycles. The smallest absolute Gasteiger partial charge is 0.327 e. The van der Waals surface area contributed by atoms with E-state index in [4.69, 9.17) is 0 Å². The van der Waals surface area contributed by atoms with Crippen LogP contribution >= 0.6 is 0 Å². The van der Waals surface area contributed by atoms with E-state index in [1.807, 2.05) is 10.3 Å². The van der Waals surface area contributed by atoms with Gasteiger partial charge in [0.15, 0.2) is 0 Å². The first-order valence-electron chi connectivity index (χ1n) is 6.41. The number of anilines is 1. The second-order valence-electron chi connectivity index (χ2n) is 4.59. The molecule has 0 bridgehead atoms. The van der Waals surface area contributed by atoms with Gasteiger partial charge in [0.25, 0.3) is 5.56 Å². The zero-order valence-corrected chi connectivity index (χ0v) is 11.7. The zero-order valence-electron chi connectivity index (χ0n) is 11.7. The van der Waals surface area contributed by atoms with Crippen molar-refractivity contribution in [2.24, 2.45) is 0 Å². The van der Waals surface area contributed by atoms with Gasteiger partial charge in [-0.25, -0.2) is 8.78 Å². The number of H-pyrrole nitrogens is 1. The number of pyridine rings is 1. The number of aromatic amines is 1. The Morgan fingerprint density at radius 2 is 1.79 bits per heavy atom. The number of nitrogens with one attached hydrogen (secondary N) is 2. The highest BCUT2D eigenvalue weighted by Gasteiger charge is 2.31. The highest BCUT2D eigenvalue weighted by atomic mass is 19.4. The normalized spacial score (nSPS) is 11.7. The van der Waals surface area contributed by atoms with Crippen molar-refractivity contribution in [3.05, 3.63) is 69.7 Å². The second-order valence-corrected chi connectivity index (χ2v) is 4.59. The highest BCUT2D eigenvalue weighted by Crippen LogP contribution is 2.29. The molecule has 2 rings (SSSR count). The second kappa shape index (κ2) is 6.65. The third kappa shape index (κ3) is 4.06. The number of hydrogen-bond donors (Lipinski definition) is 2. The van der Waals surface area contributed by atoms with Crippen LogP contribution in [0, 0.1) is 11.6 Å². The van der Waals surface area contributed by atoms with Crippen LogP contribution in [-0.2, 0) is 11.0 Å². The summed E-state index contributed by atoms with van der Waals surface area (Å²) in [7, 11) is 0. The summed E-state index contributed by atoms with van der Waals surface area (Å²) >= 11 is 0. The fraction of sp³-hybridized carbons (Fsp3) is 0.0667. The van der Waals surface area contributed by atoms with Crippen LogP contribution in [0.2, 0.25) is 0 Å². The Morgan fingerprint density at radius 3 is 2.38 bits per heavy atom. The molecule has 0 atom stereocenters. The van der Waals surface area contributed by atoms with Crippen LogP contribution in [0.5, 0.6) is 0 Å². The van der Waals surface area contributed by atoms with Crippen LogP contribution in [0.3, 0.4) is 0 Å². The molecule has 2 aromatic rings. The van der Waals surface area contributed by atoms with Crippen LogP contribution in [0.1, 0.15) is 11.1 Å². The van der Waals surface area contributed by atoms with Gasteiger partial charge in [0.2, 0.25) is 5.91 Å². The lowest BCUT2D eigenvalue weighted by Gasteiger charge is -2.08. The first-order chi connectivity index (χ1) is 11.2. The molecule has 0 saturated carbocycles. The van der Waals surface area contributed by atoms with Crippen molar-refractivity contribution >= 4 is 17.7 Å². The number of amides is 1. The molecule has 1 amide bonds. The van der Waals surface area contributed by atoms with Crippen LogP contribution in [0.4, 0.5) is 27.6 Å². The lowest BCUT2D eigenvalue weighted by atomic mass is 10.2. The van der Waals surface area contributed by atoms with Crippen LogP contribution in [0.15, 0.2) is 41.3 Å². The Labute approximate surface area is 131 Å². The SMILES string of the molecule is O=C(/C=C/c1c(F)cccc1F)Nc1cc(C(F)(F)F)c[nH]c1=O. The standard InChI is InChI=1S/C15H9F5N2O2/c16-10-2-1-3-11(17)9(10)4-5-13(23)22-12-6-8(15(18,19)20)7-21-14(12)24/h1-7H,(H,21,24)(H,22,23)/b5-4+. The van der Waals surface area contributed by atoms with E-state index in [0.29, 0.717) is 18.3 Å². The lowest BCUT2D eigenvalue weighted by molar-refractivity contribution is -0.137. The maximum absolute atomic E-state index is 13.4. The Hall–Kier alpha value is -2.97. The summed E-state index contributed by atoms with van der Waals surface area (Å²) in [5.41, 5.74) is -3.26. The molecule has 0 fully saturated rings. The van der Waals surface area contributed by atoms with Crippen LogP contribution < -0.4 is 10.9 Å². The molecule has 0 aliphatic rings. The summed E-state index contributed by atoms with van der Waals surface area (Å²) in [5, 5.41) is 1.92. The van der Waals surface area contributed by atoms with E-state index in [0.717, 1.165) is 24.3 Å². The van der Waals surface area contributed by atoms with E-state index in [9.17, 15) is 31.5 Å². The third-order valence-corrected chi connectivity index (χ3v) is 2.89. The Balaban J connectivity index is 2.21. The van der Waals surface area contributed by atoms with Gasteiger partial charge in [-0.15, -0.1) is 0 Å². The topological polar surface area (TPSA) is 62.0 Å². The molecule has 4 nitrogen and oxygen atoms in total. The number of benzene rings is 1. The lowest BCUT2D eigenvalue weighted by Crippen LogP contribution is -2.20. The van der Waals surface area contributed by atoms with Gasteiger partial charge in [-0.1, -0.05) is 6.07 Å². The quantitative estimate of drug-likeness (QED) is 0.663. The predicted octanol–water partition coefficient (Wildman–Crippen LogP) is 3.32. The molecule has 126 valence electrons. The first kappa shape index (κ1) is 17.4. The minimum absolute atomic E-state index is 0.453. The van der Waals surface area contributed by atoms with Gasteiger partial charge in [0.05, 0.1) is 5.56 Å². The van der Waals surface area contributed by atoms with Crippen molar-refractivity contribution in [1.82, 2.24) is 4.98 Å². The molecule has 9 heteroatoms. The van der Waals surface area contributed by atoms with E-state index in [-0.39, 0.29) is 0 Å². The number of alkyl halides is 3. The molecule has 0 radical (unpaired) electrons. The molecule has 0 aliphatic heterocycles. The number of aromatic nitrogens is 1. The van der Waals surface area contributed by atoms with E-state index in [1.165, 1.54) is 0 Å². The van der Waals surface area contributed by atoms with Crippen molar-refractivity contribution in [1.29, 1.82) is 0 Å². The average Bonchev–Trinajstić information content (AvgIpc) is 2.48. The van der Waals surface area contributed by atoms with Crippen LogP contribution in [-0.4, -0.2) is 10.9 Å². The molecule has 0 unspecified atom stereocenters. The van der Waals surface area contributed by atoms with Gasteiger partial charge in [-0.05, 0) is 24.3 Å². The van der Waals surface area contributed by atoms with E-state index < -0.39 is 46.1 Å². The summed E-state index contributed by atoms with van der Waals surface area (Å²) in [4.78, 5) is 24.9. The fourth-order valence-corrected chi connectivity index (χ4v) is 1.74. The monoisotopic (exact) mass is 344 g/mol. The fourth-order valence-electron chi connectivity index (χ4n) is 1.74. The molecule has 0 spiro atoms. The molecule has 24 heavy (non-hydrogen) atoms. The number of rotatable bonds is 3. The van der Waals surface area contributed by atoms with Crippen molar-refractivity contribution < 1.29 is 26.7 Å². The summed E-state index contributed by atoms with van der Waals surface area (Å²) in [6, 6.07) is 3.52. The summed E-state index contributed by atoms with van der Waals surface area (Å²) < 4.78 is 64.4. The van der Waals surface area contributed by atoms with Crippen LogP contribution in [0.25, 0.3) is 6.08 Å². The van der Waals surface area contributed by atoms with Gasteiger partial charge in [0.1, 0.15) is 17.3 Å². The Kier molecular flexibility index (Phi) is 4.82. The average molecular weight is 344 g/mol. The van der Waals surface area contributed by atoms with E-state index >= 15 is 0 Å². The maximum atomic E-state index is 13.4. The first-order valence-corrected chi connectivity index (χ1v) is 6.41. The molecular weight excluding hydrogens is 335 g/mol. The minimum atomic E-state index is -4.71. The Morgan fingerprint density at radius 1 is 1.17 bits per heavy atom. The van der Waals surface area contributed by atoms with Crippen molar-refractivity contribution in [2.75, 3.05) is 5.32 Å². The van der Waals surface area contributed by atoms with Crippen molar-refractivity contribution in [3.63, 3.8) is 0 Å². The molecule has 0 saturated heterocycles. The minimum Gasteiger partial charge on any atom is -0.327 e. The van der Waals surface area contributed by atoms with Gasteiger partial charge in [0, 0.05) is 17.8 Å². The van der Waals surface area contributed by atoms with Crippen molar-refractivity contribution in [3.8, 4) is 0 Å². The number of hydrogen-bond acceptors (Lipinski definition) is 2. The Bertz CT molecular complexity index is 835. The maximum Gasteiger partial charge on any atom is 0.417 e. The number of halogens is 5. The number of carbonyl (C=O) groups excluding carboxylic acids is 1. The van der Waals surface area contributed by atoms with Gasteiger partial charge >= 0.3 is 6.18 Å². The molecular formula is C15H9F5N2O2. The number of carbonyl (C=O) groups is 1. The van der Waals surface area contributed by atoms with Crippen molar-refractivity contribution in [2.45, 2.75) is 6.18 Å². The van der Waals surface area contributed by atoms with Gasteiger partial charge in [-0.2, -0.15) is 13.2 Å².